The van der Waals surface area contributed by atoms with Gasteiger partial charge in [0.05, 0.1) is 43.5 Å². The molecule has 2 N–H and O–H groups in total. The monoisotopic (exact) mass is 402 g/mol. The topological polar surface area (TPSA) is 63.1 Å². The van der Waals surface area contributed by atoms with Gasteiger partial charge in [-0.05, 0) is 29.8 Å². The number of hydrogen-bond acceptors (Lipinski definition) is 3. The van der Waals surface area contributed by atoms with E-state index in [9.17, 15) is 9.59 Å². The van der Waals surface area contributed by atoms with Crippen molar-refractivity contribution in [2.75, 3.05) is 45.2 Å². The summed E-state index contributed by atoms with van der Waals surface area (Å²) in [6, 6.07) is 14.7. The molecule has 0 aromatic heterocycles. The van der Waals surface area contributed by atoms with Gasteiger partial charge in [-0.25, -0.2) is 0 Å². The lowest BCUT2D eigenvalue weighted by Gasteiger charge is -2.32. The first kappa shape index (κ1) is 20.3. The van der Waals surface area contributed by atoms with Crippen molar-refractivity contribution < 1.29 is 19.2 Å². The van der Waals surface area contributed by atoms with Gasteiger partial charge >= 0.3 is 0 Å². The summed E-state index contributed by atoms with van der Waals surface area (Å²) in [5.41, 5.74) is 2.34. The minimum Gasteiger partial charge on any atom is -0.380 e. The number of hydrogen-bond donors (Lipinski definition) is 2. The predicted octanol–water partition coefficient (Wildman–Crippen LogP) is 1.47. The molecule has 2 aromatic rings. The number of benzene rings is 2. The molecule has 28 heavy (non-hydrogen) atoms. The van der Waals surface area contributed by atoms with Crippen LogP contribution in [0.3, 0.4) is 0 Å². The number of para-hydroxylation sites is 1. The first-order chi connectivity index (χ1) is 13.6. The fourth-order valence-corrected chi connectivity index (χ4v) is 3.46. The molecular formula is C21H25ClN3O3+. The number of carbonyl (C=O) groups is 2. The maximum Gasteiger partial charge on any atom is 0.279 e. The number of ether oxygens (including phenoxy) is 1. The molecule has 0 saturated carbocycles. The van der Waals surface area contributed by atoms with Gasteiger partial charge in [0.15, 0.2) is 6.54 Å². The van der Waals surface area contributed by atoms with Crippen LogP contribution in [0.4, 0.5) is 5.69 Å². The molecule has 1 fully saturated rings. The Hall–Kier alpha value is -2.41. The summed E-state index contributed by atoms with van der Waals surface area (Å²) < 4.78 is 5.09. The Morgan fingerprint density at radius 3 is 2.43 bits per heavy atom. The third-order valence-electron chi connectivity index (χ3n) is 4.83. The molecule has 2 aromatic carbocycles. The van der Waals surface area contributed by atoms with E-state index in [1.165, 1.54) is 0 Å². The number of anilines is 1. The lowest BCUT2D eigenvalue weighted by molar-refractivity contribution is -0.895. The van der Waals surface area contributed by atoms with Crippen molar-refractivity contribution in [3.8, 4) is 0 Å². The number of halogens is 1. The summed E-state index contributed by atoms with van der Waals surface area (Å²) in [5.74, 6) is -0.0415. The zero-order valence-corrected chi connectivity index (χ0v) is 16.7. The Bertz CT molecular complexity index is 818. The molecule has 6 nitrogen and oxygen atoms in total. The highest BCUT2D eigenvalue weighted by Gasteiger charge is 2.26. The van der Waals surface area contributed by atoms with Crippen molar-refractivity contribution >= 4 is 29.1 Å². The molecule has 0 atom stereocenters. The second-order valence-electron chi connectivity index (χ2n) is 6.88. The lowest BCUT2D eigenvalue weighted by Crippen LogP contribution is -3.15. The van der Waals surface area contributed by atoms with E-state index < -0.39 is 0 Å². The second-order valence-corrected chi connectivity index (χ2v) is 7.28. The molecule has 2 amide bonds. The number of methoxy groups -OCH3 is 1. The zero-order valence-electron chi connectivity index (χ0n) is 15.9. The zero-order chi connectivity index (χ0) is 19.9. The Labute approximate surface area is 170 Å². The summed E-state index contributed by atoms with van der Waals surface area (Å²) in [4.78, 5) is 27.9. The average molecular weight is 403 g/mol. The van der Waals surface area contributed by atoms with E-state index in [1.807, 2.05) is 41.3 Å². The minimum absolute atomic E-state index is 0.0311. The number of carbonyl (C=O) groups excluding carboxylic acids is 2. The minimum atomic E-state index is -0.0726. The highest BCUT2D eigenvalue weighted by molar-refractivity contribution is 6.33. The quantitative estimate of drug-likeness (QED) is 0.769. The summed E-state index contributed by atoms with van der Waals surface area (Å²) in [7, 11) is 1.65. The predicted molar refractivity (Wildman–Crippen MR) is 109 cm³/mol. The van der Waals surface area contributed by atoms with E-state index in [1.54, 1.807) is 19.2 Å². The number of quaternary nitrogens is 1. The van der Waals surface area contributed by atoms with Gasteiger partial charge in [-0.3, -0.25) is 9.59 Å². The van der Waals surface area contributed by atoms with Crippen LogP contribution in [0.25, 0.3) is 0 Å². The Morgan fingerprint density at radius 2 is 1.79 bits per heavy atom. The van der Waals surface area contributed by atoms with Crippen LogP contribution in [0, 0.1) is 0 Å². The molecular weight excluding hydrogens is 378 g/mol. The summed E-state index contributed by atoms with van der Waals surface area (Å²) in [6.45, 7) is 3.64. The first-order valence-electron chi connectivity index (χ1n) is 9.32. The summed E-state index contributed by atoms with van der Waals surface area (Å²) in [5, 5.41) is 3.38. The van der Waals surface area contributed by atoms with Crippen molar-refractivity contribution in [1.82, 2.24) is 4.90 Å². The number of rotatable bonds is 6. The van der Waals surface area contributed by atoms with Crippen LogP contribution < -0.4 is 10.2 Å². The van der Waals surface area contributed by atoms with Crippen LogP contribution in [0.1, 0.15) is 15.9 Å². The SMILES string of the molecule is COCc1ccc(C(=O)N2CC[NH+](CC(=O)Nc3ccccc3Cl)CC2)cc1. The van der Waals surface area contributed by atoms with Gasteiger partial charge in [0, 0.05) is 12.7 Å². The van der Waals surface area contributed by atoms with Gasteiger partial charge in [0.2, 0.25) is 0 Å². The molecule has 148 valence electrons. The van der Waals surface area contributed by atoms with E-state index in [4.69, 9.17) is 16.3 Å². The van der Waals surface area contributed by atoms with Gasteiger partial charge in [0.25, 0.3) is 11.8 Å². The number of piperazine rings is 1. The largest absolute Gasteiger partial charge is 0.380 e. The first-order valence-corrected chi connectivity index (χ1v) is 9.69. The number of nitrogens with zero attached hydrogens (tertiary/aromatic N) is 1. The molecule has 0 aliphatic carbocycles. The molecule has 0 bridgehead atoms. The highest BCUT2D eigenvalue weighted by Crippen LogP contribution is 2.19. The van der Waals surface area contributed by atoms with Crippen molar-refractivity contribution in [1.29, 1.82) is 0 Å². The molecule has 0 unspecified atom stereocenters. The average Bonchev–Trinajstić information content (AvgIpc) is 2.71. The van der Waals surface area contributed by atoms with Gasteiger partial charge < -0.3 is 19.9 Å². The third-order valence-corrected chi connectivity index (χ3v) is 5.16. The molecule has 0 radical (unpaired) electrons. The van der Waals surface area contributed by atoms with Crippen LogP contribution in [0.5, 0.6) is 0 Å². The number of nitrogens with one attached hydrogen (secondary N) is 2. The molecule has 0 spiro atoms. The van der Waals surface area contributed by atoms with Crippen molar-refractivity contribution in [2.24, 2.45) is 0 Å². The normalized spacial score (nSPS) is 14.7. The van der Waals surface area contributed by atoms with Crippen LogP contribution in [0.15, 0.2) is 48.5 Å². The Balaban J connectivity index is 1.48. The van der Waals surface area contributed by atoms with E-state index in [-0.39, 0.29) is 11.8 Å². The molecule has 1 saturated heterocycles. The maximum absolute atomic E-state index is 12.7. The van der Waals surface area contributed by atoms with Crippen LogP contribution in [-0.2, 0) is 16.1 Å². The van der Waals surface area contributed by atoms with E-state index in [0.29, 0.717) is 42.5 Å². The molecule has 1 aliphatic rings. The van der Waals surface area contributed by atoms with Crippen molar-refractivity contribution in [2.45, 2.75) is 6.61 Å². The van der Waals surface area contributed by atoms with E-state index in [2.05, 4.69) is 5.32 Å². The van der Waals surface area contributed by atoms with Crippen LogP contribution in [0.2, 0.25) is 5.02 Å². The second kappa shape index (κ2) is 9.68. The summed E-state index contributed by atoms with van der Waals surface area (Å²) >= 11 is 6.08. The highest BCUT2D eigenvalue weighted by atomic mass is 35.5. The van der Waals surface area contributed by atoms with E-state index in [0.717, 1.165) is 23.6 Å². The van der Waals surface area contributed by atoms with Crippen molar-refractivity contribution in [3.05, 3.63) is 64.7 Å². The maximum atomic E-state index is 12.7. The van der Waals surface area contributed by atoms with E-state index >= 15 is 0 Å². The Morgan fingerprint density at radius 1 is 1.11 bits per heavy atom. The molecule has 3 rings (SSSR count). The number of amides is 2. The Kier molecular flexibility index (Phi) is 7.03. The third kappa shape index (κ3) is 5.32. The lowest BCUT2D eigenvalue weighted by atomic mass is 10.1. The fourth-order valence-electron chi connectivity index (χ4n) is 3.28. The van der Waals surface area contributed by atoms with Gasteiger partial charge in [0.1, 0.15) is 0 Å². The van der Waals surface area contributed by atoms with Crippen molar-refractivity contribution in [3.63, 3.8) is 0 Å². The van der Waals surface area contributed by atoms with Gasteiger partial charge in [-0.2, -0.15) is 0 Å². The molecule has 1 aliphatic heterocycles. The fraction of sp³-hybridized carbons (Fsp3) is 0.333. The van der Waals surface area contributed by atoms with Gasteiger partial charge in [-0.15, -0.1) is 0 Å². The smallest absolute Gasteiger partial charge is 0.279 e. The van der Waals surface area contributed by atoms with Crippen LogP contribution >= 0.6 is 11.6 Å². The van der Waals surface area contributed by atoms with Crippen LogP contribution in [-0.4, -0.2) is 56.5 Å². The molecule has 1 heterocycles. The molecule has 7 heteroatoms. The standard InChI is InChI=1S/C21H24ClN3O3/c1-28-15-16-6-8-17(9-7-16)21(27)25-12-10-24(11-13-25)14-20(26)23-19-5-3-2-4-18(19)22/h2-9H,10-15H2,1H3,(H,23,26)/p+1. The summed E-state index contributed by atoms with van der Waals surface area (Å²) in [6.07, 6.45) is 0. The van der Waals surface area contributed by atoms with Gasteiger partial charge in [-0.1, -0.05) is 35.9 Å².